The van der Waals surface area contributed by atoms with Gasteiger partial charge in [0.05, 0.1) is 5.52 Å². The summed E-state index contributed by atoms with van der Waals surface area (Å²) in [4.78, 5) is 43.7. The summed E-state index contributed by atoms with van der Waals surface area (Å²) in [6, 6.07) is 5.35. The predicted molar refractivity (Wildman–Crippen MR) is 100 cm³/mol. The van der Waals surface area contributed by atoms with Crippen LogP contribution in [0.5, 0.6) is 0 Å². The van der Waals surface area contributed by atoms with E-state index in [0.717, 1.165) is 24.1 Å². The van der Waals surface area contributed by atoms with Crippen LogP contribution in [0.25, 0.3) is 11.0 Å². The molecule has 27 heavy (non-hydrogen) atoms. The number of carbonyl (C=O) groups is 1. The first-order valence-corrected chi connectivity index (χ1v) is 8.76. The molecule has 1 aliphatic carbocycles. The number of hydrogen-bond acceptors (Lipinski definition) is 5. The molecular weight excluding hydrogens is 348 g/mol. The minimum absolute atomic E-state index is 0.132. The lowest BCUT2D eigenvalue weighted by molar-refractivity contribution is -0.121. The first-order chi connectivity index (χ1) is 12.9. The molecule has 0 unspecified atom stereocenters. The number of nitrogens with two attached hydrogens (primary N) is 1. The van der Waals surface area contributed by atoms with E-state index in [1.165, 1.54) is 4.57 Å². The van der Waals surface area contributed by atoms with Gasteiger partial charge in [0.15, 0.2) is 0 Å². The number of fused-ring (bicyclic) bond motifs is 1. The smallest absolute Gasteiger partial charge is 0.326 e. The first-order valence-electron chi connectivity index (χ1n) is 8.76. The van der Waals surface area contributed by atoms with Crippen LogP contribution in [0.2, 0.25) is 0 Å². The Morgan fingerprint density at radius 3 is 2.81 bits per heavy atom. The normalized spacial score (nSPS) is 13.8. The lowest BCUT2D eigenvalue weighted by Crippen LogP contribution is -2.32. The van der Waals surface area contributed by atoms with E-state index in [0.29, 0.717) is 17.9 Å². The zero-order valence-electron chi connectivity index (χ0n) is 14.9. The maximum absolute atomic E-state index is 12.6. The van der Waals surface area contributed by atoms with Crippen LogP contribution in [0.4, 0.5) is 5.82 Å². The second-order valence-corrected chi connectivity index (χ2v) is 6.80. The lowest BCUT2D eigenvalue weighted by Gasteiger charge is -2.09. The Bertz CT molecular complexity index is 1150. The summed E-state index contributed by atoms with van der Waals surface area (Å²) in [5.41, 5.74) is 7.38. The second-order valence-electron chi connectivity index (χ2n) is 6.80. The molecule has 3 aromatic rings. The van der Waals surface area contributed by atoms with Gasteiger partial charge in [0.2, 0.25) is 5.91 Å². The van der Waals surface area contributed by atoms with Gasteiger partial charge in [-0.3, -0.25) is 14.2 Å². The van der Waals surface area contributed by atoms with Gasteiger partial charge in [-0.05, 0) is 37.5 Å². The van der Waals surface area contributed by atoms with E-state index in [1.807, 2.05) is 13.0 Å². The van der Waals surface area contributed by atoms with Crippen LogP contribution in [0.15, 0.2) is 34.0 Å². The minimum Gasteiger partial charge on any atom is -0.384 e. The highest BCUT2D eigenvalue weighted by molar-refractivity contribution is 5.77. The van der Waals surface area contributed by atoms with Crippen molar-refractivity contribution in [1.29, 1.82) is 0 Å². The quantitative estimate of drug-likeness (QED) is 0.602. The molecule has 0 bridgehead atoms. The molecule has 3 heterocycles. The zero-order chi connectivity index (χ0) is 19.1. The third-order valence-electron chi connectivity index (χ3n) is 4.77. The van der Waals surface area contributed by atoms with Gasteiger partial charge >= 0.3 is 5.69 Å². The van der Waals surface area contributed by atoms with Crippen molar-refractivity contribution in [2.24, 2.45) is 0 Å². The van der Waals surface area contributed by atoms with Crippen LogP contribution in [-0.2, 0) is 17.9 Å². The molecule has 4 rings (SSSR count). The lowest BCUT2D eigenvalue weighted by atomic mass is 10.2. The molecule has 1 aliphatic rings. The van der Waals surface area contributed by atoms with Gasteiger partial charge in [0, 0.05) is 24.5 Å². The number of nitrogen functional groups attached to an aromatic ring is 1. The fourth-order valence-corrected chi connectivity index (χ4v) is 3.18. The molecule has 9 nitrogen and oxygen atoms in total. The zero-order valence-corrected chi connectivity index (χ0v) is 14.9. The van der Waals surface area contributed by atoms with E-state index in [4.69, 9.17) is 5.73 Å². The maximum Gasteiger partial charge on any atom is 0.326 e. The number of imidazole rings is 1. The fourth-order valence-electron chi connectivity index (χ4n) is 3.18. The average Bonchev–Trinajstić information content (AvgIpc) is 3.39. The van der Waals surface area contributed by atoms with Gasteiger partial charge in [0.1, 0.15) is 17.9 Å². The van der Waals surface area contributed by atoms with E-state index < -0.39 is 0 Å². The molecule has 0 atom stereocenters. The van der Waals surface area contributed by atoms with Crippen LogP contribution in [0.3, 0.4) is 0 Å². The number of H-pyrrole nitrogens is 1. The van der Waals surface area contributed by atoms with Gasteiger partial charge in [-0.1, -0.05) is 6.07 Å². The highest BCUT2D eigenvalue weighted by Gasteiger charge is 2.28. The van der Waals surface area contributed by atoms with Gasteiger partial charge in [-0.2, -0.15) is 0 Å². The van der Waals surface area contributed by atoms with E-state index in [2.05, 4.69) is 15.3 Å². The molecule has 1 fully saturated rings. The molecule has 0 saturated heterocycles. The Hall–Kier alpha value is -3.36. The Labute approximate surface area is 153 Å². The molecule has 0 spiro atoms. The summed E-state index contributed by atoms with van der Waals surface area (Å²) in [6.07, 6.45) is 3.43. The molecule has 1 saturated carbocycles. The van der Waals surface area contributed by atoms with Crippen molar-refractivity contribution >= 4 is 22.8 Å². The summed E-state index contributed by atoms with van der Waals surface area (Å²) < 4.78 is 2.91. The fraction of sp³-hybridized carbons (Fsp3) is 0.333. The maximum atomic E-state index is 12.6. The van der Waals surface area contributed by atoms with Crippen LogP contribution < -0.4 is 22.3 Å². The summed E-state index contributed by atoms with van der Waals surface area (Å²) in [5.74, 6) is 0.117. The number of pyridine rings is 2. The van der Waals surface area contributed by atoms with Crippen molar-refractivity contribution in [3.63, 3.8) is 0 Å². The summed E-state index contributed by atoms with van der Waals surface area (Å²) in [7, 11) is 0. The molecule has 4 N–H and O–H groups in total. The third kappa shape index (κ3) is 3.23. The number of anilines is 1. The van der Waals surface area contributed by atoms with Gasteiger partial charge < -0.3 is 20.6 Å². The molecule has 1 amide bonds. The standard InChI is InChI=1S/C18H20N6O3/c1-10-11(2-5-14(19)21-10)8-20-15(25)9-23-7-6-13-16(17(23)26)22-18(27)24(13)12-3-4-12/h2,5-7,12H,3-4,8-9H2,1H3,(H2,19,21)(H,20,25)(H,22,27). The van der Waals surface area contributed by atoms with Crippen molar-refractivity contribution in [2.75, 3.05) is 5.73 Å². The van der Waals surface area contributed by atoms with E-state index >= 15 is 0 Å². The largest absolute Gasteiger partial charge is 0.384 e. The minimum atomic E-state index is -0.385. The first kappa shape index (κ1) is 17.1. The number of nitrogens with zero attached hydrogens (tertiary/aromatic N) is 3. The summed E-state index contributed by atoms with van der Waals surface area (Å²) in [6.45, 7) is 1.98. The van der Waals surface area contributed by atoms with Crippen molar-refractivity contribution in [3.05, 3.63) is 56.5 Å². The van der Waals surface area contributed by atoms with E-state index in [-0.39, 0.29) is 35.3 Å². The van der Waals surface area contributed by atoms with Crippen LogP contribution in [0.1, 0.15) is 30.1 Å². The number of rotatable bonds is 5. The second kappa shape index (κ2) is 6.42. The Kier molecular flexibility index (Phi) is 4.06. The van der Waals surface area contributed by atoms with Crippen molar-refractivity contribution in [3.8, 4) is 0 Å². The van der Waals surface area contributed by atoms with Crippen LogP contribution >= 0.6 is 0 Å². The number of hydrogen-bond donors (Lipinski definition) is 3. The van der Waals surface area contributed by atoms with Crippen LogP contribution in [0, 0.1) is 6.92 Å². The molecule has 140 valence electrons. The Morgan fingerprint density at radius 2 is 2.11 bits per heavy atom. The van der Waals surface area contributed by atoms with Gasteiger partial charge in [0.25, 0.3) is 5.56 Å². The summed E-state index contributed by atoms with van der Waals surface area (Å²) >= 11 is 0. The predicted octanol–water partition coefficient (Wildman–Crippen LogP) is 0.428. The van der Waals surface area contributed by atoms with Gasteiger partial charge in [-0.15, -0.1) is 0 Å². The number of amides is 1. The average molecular weight is 368 g/mol. The monoisotopic (exact) mass is 368 g/mol. The van der Waals surface area contributed by atoms with E-state index in [9.17, 15) is 14.4 Å². The summed E-state index contributed by atoms with van der Waals surface area (Å²) in [5, 5.41) is 2.77. The van der Waals surface area contributed by atoms with Crippen molar-refractivity contribution in [2.45, 2.75) is 38.9 Å². The van der Waals surface area contributed by atoms with Crippen molar-refractivity contribution in [1.82, 2.24) is 24.4 Å². The Morgan fingerprint density at radius 1 is 1.33 bits per heavy atom. The topological polar surface area (TPSA) is 128 Å². The molecule has 3 aromatic heterocycles. The molecular formula is C18H20N6O3. The number of aromatic nitrogens is 4. The highest BCUT2D eigenvalue weighted by Crippen LogP contribution is 2.35. The van der Waals surface area contributed by atoms with Crippen molar-refractivity contribution < 1.29 is 4.79 Å². The number of aryl methyl sites for hydroxylation is 1. The third-order valence-corrected chi connectivity index (χ3v) is 4.77. The Balaban J connectivity index is 1.51. The van der Waals surface area contributed by atoms with Gasteiger partial charge in [-0.25, -0.2) is 9.78 Å². The molecule has 0 aliphatic heterocycles. The van der Waals surface area contributed by atoms with Crippen LogP contribution in [-0.4, -0.2) is 25.0 Å². The SMILES string of the molecule is Cc1nc(N)ccc1CNC(=O)Cn1ccc2c([nH]c(=O)n2C2CC2)c1=O. The highest BCUT2D eigenvalue weighted by atomic mass is 16.2. The number of carbonyl (C=O) groups excluding carboxylic acids is 1. The van der Waals surface area contributed by atoms with E-state index in [1.54, 1.807) is 22.9 Å². The molecule has 0 radical (unpaired) electrons. The molecule has 0 aromatic carbocycles. The number of nitrogens with one attached hydrogen (secondary N) is 2. The number of aromatic amines is 1. The molecule has 9 heteroatoms.